The first kappa shape index (κ1) is 11.8. The molecule has 0 spiro atoms. The van der Waals surface area contributed by atoms with Crippen molar-refractivity contribution < 1.29 is 20.3 Å². The predicted octanol–water partition coefficient (Wildman–Crippen LogP) is 2.31. The van der Waals surface area contributed by atoms with E-state index in [0.717, 1.165) is 38.5 Å². The molecule has 0 amide bonds. The Balaban J connectivity index is 2.73. The van der Waals surface area contributed by atoms with E-state index in [1.54, 1.807) is 0 Å². The summed E-state index contributed by atoms with van der Waals surface area (Å²) < 4.78 is 0. The molecule has 0 saturated heterocycles. The van der Waals surface area contributed by atoms with Crippen LogP contribution < -0.4 is 0 Å². The molecule has 0 heterocycles. The van der Waals surface area contributed by atoms with Gasteiger partial charge in [-0.25, -0.2) is 9.78 Å². The Morgan fingerprint density at radius 1 is 0.583 bits per heavy atom. The van der Waals surface area contributed by atoms with Crippen molar-refractivity contribution in [2.24, 2.45) is 0 Å². The van der Waals surface area contributed by atoms with E-state index in [-0.39, 0.29) is 0 Å². The second-order valence-electron chi connectivity index (χ2n) is 2.79. The Hall–Kier alpha value is -0.160. The predicted molar refractivity (Wildman–Crippen MR) is 44.9 cm³/mol. The summed E-state index contributed by atoms with van der Waals surface area (Å²) in [5.74, 6) is 0. The molecule has 0 bridgehead atoms. The Bertz CT molecular complexity index is 67.5. The third-order valence-electron chi connectivity index (χ3n) is 1.72. The maximum absolute atomic E-state index is 7.99. The second kappa shape index (κ2) is 10.8. The van der Waals surface area contributed by atoms with Gasteiger partial charge in [-0.05, 0) is 12.8 Å². The van der Waals surface area contributed by atoms with Crippen molar-refractivity contribution in [3.63, 3.8) is 0 Å². The standard InChI is InChI=1S/C8H18O4/c9-11-7-5-3-1-2-4-6-8-12-10/h9-10H,1-8H2. The van der Waals surface area contributed by atoms with E-state index < -0.39 is 0 Å². The lowest BCUT2D eigenvalue weighted by molar-refractivity contribution is -0.243. The van der Waals surface area contributed by atoms with Crippen molar-refractivity contribution in [2.75, 3.05) is 13.2 Å². The van der Waals surface area contributed by atoms with Gasteiger partial charge in [-0.15, -0.1) is 0 Å². The summed E-state index contributed by atoms with van der Waals surface area (Å²) in [6.07, 6.45) is 6.28. The van der Waals surface area contributed by atoms with Gasteiger partial charge in [0.2, 0.25) is 0 Å². The fourth-order valence-electron chi connectivity index (χ4n) is 1.04. The summed E-state index contributed by atoms with van der Waals surface area (Å²) in [5, 5.41) is 16.0. The lowest BCUT2D eigenvalue weighted by Gasteiger charge is -1.99. The topological polar surface area (TPSA) is 58.9 Å². The van der Waals surface area contributed by atoms with Crippen molar-refractivity contribution >= 4 is 0 Å². The number of rotatable bonds is 9. The lowest BCUT2D eigenvalue weighted by Crippen LogP contribution is -1.90. The number of hydrogen-bond acceptors (Lipinski definition) is 4. The Morgan fingerprint density at radius 3 is 1.25 bits per heavy atom. The van der Waals surface area contributed by atoms with Crippen LogP contribution in [0.1, 0.15) is 38.5 Å². The van der Waals surface area contributed by atoms with Crippen LogP contribution in [0.15, 0.2) is 0 Å². The molecule has 0 atom stereocenters. The monoisotopic (exact) mass is 178 g/mol. The average molecular weight is 178 g/mol. The first-order valence-corrected chi connectivity index (χ1v) is 4.44. The van der Waals surface area contributed by atoms with Crippen molar-refractivity contribution in [3.05, 3.63) is 0 Å². The van der Waals surface area contributed by atoms with Crippen molar-refractivity contribution in [3.8, 4) is 0 Å². The molecular weight excluding hydrogens is 160 g/mol. The lowest BCUT2D eigenvalue weighted by atomic mass is 10.1. The van der Waals surface area contributed by atoms with Crippen LogP contribution in [-0.4, -0.2) is 23.7 Å². The molecule has 0 aromatic heterocycles. The maximum Gasteiger partial charge on any atom is 0.0819 e. The van der Waals surface area contributed by atoms with E-state index in [0.29, 0.717) is 13.2 Å². The Morgan fingerprint density at radius 2 is 0.917 bits per heavy atom. The molecule has 2 N–H and O–H groups in total. The third kappa shape index (κ3) is 9.84. The molecule has 0 radical (unpaired) electrons. The van der Waals surface area contributed by atoms with Crippen LogP contribution in [0, 0.1) is 0 Å². The molecule has 0 rings (SSSR count). The summed E-state index contributed by atoms with van der Waals surface area (Å²) in [6, 6.07) is 0. The van der Waals surface area contributed by atoms with E-state index in [9.17, 15) is 0 Å². The highest BCUT2D eigenvalue weighted by atomic mass is 17.1. The molecule has 0 aromatic carbocycles. The molecule has 0 aromatic rings. The fraction of sp³-hybridized carbons (Fsp3) is 1.00. The molecule has 74 valence electrons. The summed E-state index contributed by atoms with van der Waals surface area (Å²) in [6.45, 7) is 0.861. The fourth-order valence-corrected chi connectivity index (χ4v) is 1.04. The third-order valence-corrected chi connectivity index (χ3v) is 1.72. The van der Waals surface area contributed by atoms with Gasteiger partial charge >= 0.3 is 0 Å². The largest absolute Gasteiger partial charge is 0.252 e. The van der Waals surface area contributed by atoms with Gasteiger partial charge in [-0.3, -0.25) is 10.5 Å². The van der Waals surface area contributed by atoms with Gasteiger partial charge in [0.1, 0.15) is 0 Å². The zero-order valence-electron chi connectivity index (χ0n) is 7.37. The smallest absolute Gasteiger partial charge is 0.0819 e. The molecule has 0 fully saturated rings. The molecule has 0 aliphatic carbocycles. The van der Waals surface area contributed by atoms with Crippen LogP contribution in [-0.2, 0) is 9.78 Å². The van der Waals surface area contributed by atoms with Gasteiger partial charge in [-0.2, -0.15) is 0 Å². The van der Waals surface area contributed by atoms with Gasteiger partial charge in [0.25, 0.3) is 0 Å². The summed E-state index contributed by atoms with van der Waals surface area (Å²) in [7, 11) is 0. The highest BCUT2D eigenvalue weighted by molar-refractivity contribution is 4.43. The Kier molecular flexibility index (Phi) is 10.7. The molecule has 4 heteroatoms. The minimum absolute atomic E-state index is 0.430. The first-order valence-electron chi connectivity index (χ1n) is 4.44. The molecule has 0 aliphatic heterocycles. The molecular formula is C8H18O4. The van der Waals surface area contributed by atoms with E-state index >= 15 is 0 Å². The van der Waals surface area contributed by atoms with Gasteiger partial charge < -0.3 is 0 Å². The molecule has 0 saturated carbocycles. The summed E-state index contributed by atoms with van der Waals surface area (Å²) in [5.41, 5.74) is 0. The van der Waals surface area contributed by atoms with E-state index in [2.05, 4.69) is 9.78 Å². The molecule has 0 aliphatic rings. The van der Waals surface area contributed by atoms with E-state index in [1.807, 2.05) is 0 Å². The van der Waals surface area contributed by atoms with Crippen LogP contribution in [0.5, 0.6) is 0 Å². The minimum atomic E-state index is 0.430. The molecule has 0 unspecified atom stereocenters. The quantitative estimate of drug-likeness (QED) is 0.323. The average Bonchev–Trinajstić information content (AvgIpc) is 2.10. The van der Waals surface area contributed by atoms with Gasteiger partial charge in [-0.1, -0.05) is 25.7 Å². The molecule has 12 heavy (non-hydrogen) atoms. The SMILES string of the molecule is OOCCCCCCCCOO. The van der Waals surface area contributed by atoms with Crippen LogP contribution in [0.3, 0.4) is 0 Å². The van der Waals surface area contributed by atoms with Crippen LogP contribution >= 0.6 is 0 Å². The van der Waals surface area contributed by atoms with Gasteiger partial charge in [0.05, 0.1) is 13.2 Å². The van der Waals surface area contributed by atoms with Gasteiger partial charge in [0.15, 0.2) is 0 Å². The highest BCUT2D eigenvalue weighted by Crippen LogP contribution is 2.04. The zero-order valence-corrected chi connectivity index (χ0v) is 7.37. The maximum atomic E-state index is 7.99. The normalized spacial score (nSPS) is 10.5. The van der Waals surface area contributed by atoms with Crippen LogP contribution in [0.4, 0.5) is 0 Å². The van der Waals surface area contributed by atoms with Gasteiger partial charge in [0, 0.05) is 0 Å². The van der Waals surface area contributed by atoms with Crippen molar-refractivity contribution in [1.82, 2.24) is 0 Å². The summed E-state index contributed by atoms with van der Waals surface area (Å²) >= 11 is 0. The first-order chi connectivity index (χ1) is 5.91. The molecule has 4 nitrogen and oxygen atoms in total. The number of hydrogen-bond donors (Lipinski definition) is 2. The summed E-state index contributed by atoms with van der Waals surface area (Å²) in [4.78, 5) is 7.87. The zero-order chi connectivity index (χ0) is 9.07. The van der Waals surface area contributed by atoms with E-state index in [1.165, 1.54) is 0 Å². The Labute approximate surface area is 73.0 Å². The highest BCUT2D eigenvalue weighted by Gasteiger charge is 1.91. The van der Waals surface area contributed by atoms with Crippen LogP contribution in [0.2, 0.25) is 0 Å². The minimum Gasteiger partial charge on any atom is -0.252 e. The van der Waals surface area contributed by atoms with Crippen molar-refractivity contribution in [1.29, 1.82) is 0 Å². The number of unbranched alkanes of at least 4 members (excludes halogenated alkanes) is 5. The van der Waals surface area contributed by atoms with E-state index in [4.69, 9.17) is 10.5 Å². The second-order valence-corrected chi connectivity index (χ2v) is 2.79. The van der Waals surface area contributed by atoms with Crippen molar-refractivity contribution in [2.45, 2.75) is 38.5 Å². The van der Waals surface area contributed by atoms with Crippen LogP contribution in [0.25, 0.3) is 0 Å².